The Morgan fingerprint density at radius 2 is 2.09 bits per heavy atom. The van der Waals surface area contributed by atoms with Crippen molar-refractivity contribution in [3.05, 3.63) is 54.1 Å². The first-order chi connectivity index (χ1) is 10.9. The zero-order valence-electron chi connectivity index (χ0n) is 11.5. The first-order valence-corrected chi connectivity index (χ1v) is 7.83. The number of halogens is 1. The Kier molecular flexibility index (Phi) is 3.54. The van der Waals surface area contributed by atoms with Gasteiger partial charge in [0.05, 0.1) is 16.7 Å². The molecule has 0 radical (unpaired) electrons. The van der Waals surface area contributed by atoms with E-state index in [-0.39, 0.29) is 11.4 Å². The summed E-state index contributed by atoms with van der Waals surface area (Å²) in [6.45, 7) is 0. The molecule has 2 aromatic heterocycles. The Bertz CT molecular complexity index is 1020. The molecule has 0 spiro atoms. The van der Waals surface area contributed by atoms with Crippen molar-refractivity contribution in [2.24, 2.45) is 5.14 Å². The largest absolute Gasteiger partial charge is 0.305 e. The topological polar surface area (TPSA) is 119 Å². The number of nitrogens with one attached hydrogen (secondary N) is 1. The summed E-state index contributed by atoms with van der Waals surface area (Å²) >= 11 is 0. The summed E-state index contributed by atoms with van der Waals surface area (Å²) in [6.07, 6.45) is 2.88. The molecule has 118 valence electrons. The van der Waals surface area contributed by atoms with Crippen LogP contribution >= 0.6 is 0 Å². The number of aromatic nitrogens is 3. The lowest BCUT2D eigenvalue weighted by Crippen LogP contribution is -2.17. The van der Waals surface area contributed by atoms with Crippen molar-refractivity contribution in [1.82, 2.24) is 14.6 Å². The maximum Gasteiger partial charge on any atom is 0.259 e. The van der Waals surface area contributed by atoms with E-state index < -0.39 is 26.6 Å². The number of amides is 1. The van der Waals surface area contributed by atoms with Crippen LogP contribution in [0.5, 0.6) is 0 Å². The fourth-order valence-electron chi connectivity index (χ4n) is 1.96. The highest BCUT2D eigenvalue weighted by atomic mass is 32.2. The van der Waals surface area contributed by atoms with Gasteiger partial charge in [-0.3, -0.25) is 4.79 Å². The number of benzene rings is 1. The van der Waals surface area contributed by atoms with Gasteiger partial charge in [0.1, 0.15) is 5.82 Å². The Morgan fingerprint density at radius 1 is 1.30 bits per heavy atom. The minimum atomic E-state index is -4.04. The van der Waals surface area contributed by atoms with Crippen molar-refractivity contribution in [2.45, 2.75) is 4.90 Å². The van der Waals surface area contributed by atoms with E-state index in [4.69, 9.17) is 5.14 Å². The van der Waals surface area contributed by atoms with Gasteiger partial charge in [-0.15, -0.1) is 0 Å². The van der Waals surface area contributed by atoms with Gasteiger partial charge < -0.3 is 5.32 Å². The predicted molar refractivity (Wildman–Crippen MR) is 78.7 cm³/mol. The third-order valence-electron chi connectivity index (χ3n) is 3.03. The van der Waals surface area contributed by atoms with Gasteiger partial charge in [-0.1, -0.05) is 0 Å². The van der Waals surface area contributed by atoms with Crippen molar-refractivity contribution in [1.29, 1.82) is 0 Å². The summed E-state index contributed by atoms with van der Waals surface area (Å²) in [5.74, 6) is -1.52. The number of imidazole rings is 1. The average molecular weight is 335 g/mol. The lowest BCUT2D eigenvalue weighted by atomic mass is 10.2. The van der Waals surface area contributed by atoms with Crippen molar-refractivity contribution in [3.63, 3.8) is 0 Å². The van der Waals surface area contributed by atoms with E-state index in [1.807, 2.05) is 0 Å². The molecule has 2 heterocycles. The molecule has 0 fully saturated rings. The van der Waals surface area contributed by atoms with Crippen molar-refractivity contribution in [2.75, 3.05) is 5.32 Å². The molecule has 0 aliphatic heterocycles. The van der Waals surface area contributed by atoms with Gasteiger partial charge in [-0.05, 0) is 30.3 Å². The van der Waals surface area contributed by atoms with Crippen LogP contribution in [0, 0.1) is 5.82 Å². The minimum absolute atomic E-state index is 0.250. The summed E-state index contributed by atoms with van der Waals surface area (Å²) < 4.78 is 37.6. The number of fused-ring (bicyclic) bond motifs is 1. The van der Waals surface area contributed by atoms with Crippen LogP contribution in [0.15, 0.2) is 47.6 Å². The van der Waals surface area contributed by atoms with E-state index in [9.17, 15) is 17.6 Å². The van der Waals surface area contributed by atoms with Crippen molar-refractivity contribution < 1.29 is 17.6 Å². The second-order valence-electron chi connectivity index (χ2n) is 4.58. The van der Waals surface area contributed by atoms with Crippen molar-refractivity contribution >= 4 is 27.4 Å². The summed E-state index contributed by atoms with van der Waals surface area (Å²) in [4.78, 5) is 15.8. The highest BCUT2D eigenvalue weighted by molar-refractivity contribution is 7.89. The Labute approximate surface area is 129 Å². The molecule has 0 saturated carbocycles. The standard InChI is InChI=1S/C13H10FN5O3S/c14-10-6-8(23(15,21)22)3-4-9(10)13(20)18-12-7-16-11-2-1-5-17-19(11)12/h1-7H,(H,18,20)(H2,15,21,22). The Morgan fingerprint density at radius 3 is 2.78 bits per heavy atom. The SMILES string of the molecule is NS(=O)(=O)c1ccc(C(=O)Nc2cnc3cccnn23)c(F)c1. The molecule has 23 heavy (non-hydrogen) atoms. The van der Waals surface area contributed by atoms with Crippen LogP contribution in [0.1, 0.15) is 10.4 Å². The number of hydrogen-bond donors (Lipinski definition) is 2. The Hall–Kier alpha value is -2.85. The summed E-state index contributed by atoms with van der Waals surface area (Å²) in [5.41, 5.74) is 0.177. The third kappa shape index (κ3) is 2.89. The fraction of sp³-hybridized carbons (Fsp3) is 0. The number of nitrogens with zero attached hydrogens (tertiary/aromatic N) is 3. The van der Waals surface area contributed by atoms with Crippen LogP contribution in [0.4, 0.5) is 10.2 Å². The van der Waals surface area contributed by atoms with Crippen LogP contribution in [0.2, 0.25) is 0 Å². The second-order valence-corrected chi connectivity index (χ2v) is 6.14. The molecule has 3 aromatic rings. The lowest BCUT2D eigenvalue weighted by Gasteiger charge is -2.06. The number of primary sulfonamides is 1. The van der Waals surface area contributed by atoms with Crippen LogP contribution in [-0.2, 0) is 10.0 Å². The fourth-order valence-corrected chi connectivity index (χ4v) is 2.48. The molecule has 1 amide bonds. The zero-order valence-corrected chi connectivity index (χ0v) is 12.3. The normalized spacial score (nSPS) is 11.6. The molecule has 0 atom stereocenters. The smallest absolute Gasteiger partial charge is 0.259 e. The number of carbonyl (C=O) groups is 1. The highest BCUT2D eigenvalue weighted by Crippen LogP contribution is 2.16. The van der Waals surface area contributed by atoms with E-state index >= 15 is 0 Å². The zero-order chi connectivity index (χ0) is 16.6. The molecule has 3 N–H and O–H groups in total. The van der Waals surface area contributed by atoms with Gasteiger partial charge in [0.2, 0.25) is 10.0 Å². The number of anilines is 1. The number of carbonyl (C=O) groups excluding carboxylic acids is 1. The van der Waals surface area contributed by atoms with Crippen LogP contribution in [0.3, 0.4) is 0 Å². The molecule has 0 aliphatic carbocycles. The summed E-state index contributed by atoms with van der Waals surface area (Å²) in [7, 11) is -4.04. The molecular weight excluding hydrogens is 325 g/mol. The quantitative estimate of drug-likeness (QED) is 0.732. The molecule has 0 saturated heterocycles. The van der Waals surface area contributed by atoms with E-state index in [1.54, 1.807) is 12.1 Å². The van der Waals surface area contributed by atoms with Gasteiger partial charge in [-0.25, -0.2) is 22.9 Å². The van der Waals surface area contributed by atoms with E-state index in [0.29, 0.717) is 11.7 Å². The molecule has 10 heteroatoms. The number of sulfonamides is 1. The molecule has 0 bridgehead atoms. The number of hydrogen-bond acceptors (Lipinski definition) is 5. The number of rotatable bonds is 3. The molecule has 8 nitrogen and oxygen atoms in total. The van der Waals surface area contributed by atoms with Gasteiger partial charge in [-0.2, -0.15) is 9.61 Å². The van der Waals surface area contributed by atoms with E-state index in [1.165, 1.54) is 16.9 Å². The van der Waals surface area contributed by atoms with E-state index in [2.05, 4.69) is 15.4 Å². The second kappa shape index (κ2) is 5.41. The van der Waals surface area contributed by atoms with Gasteiger partial charge in [0.25, 0.3) is 5.91 Å². The molecule has 0 aliphatic rings. The van der Waals surface area contributed by atoms with Crippen LogP contribution < -0.4 is 10.5 Å². The summed E-state index contributed by atoms with van der Waals surface area (Å²) in [6, 6.07) is 6.15. The minimum Gasteiger partial charge on any atom is -0.305 e. The summed E-state index contributed by atoms with van der Waals surface area (Å²) in [5, 5.41) is 11.4. The lowest BCUT2D eigenvalue weighted by molar-refractivity contribution is 0.102. The first-order valence-electron chi connectivity index (χ1n) is 6.29. The number of nitrogens with two attached hydrogens (primary N) is 1. The Balaban J connectivity index is 1.92. The molecule has 0 unspecified atom stereocenters. The average Bonchev–Trinajstić information content (AvgIpc) is 2.89. The molecule has 3 rings (SSSR count). The van der Waals surface area contributed by atoms with Gasteiger partial charge >= 0.3 is 0 Å². The monoisotopic (exact) mass is 335 g/mol. The molecular formula is C13H10FN5O3S. The maximum atomic E-state index is 14.0. The van der Waals surface area contributed by atoms with Gasteiger partial charge in [0.15, 0.2) is 11.5 Å². The highest BCUT2D eigenvalue weighted by Gasteiger charge is 2.17. The van der Waals surface area contributed by atoms with Crippen LogP contribution in [0.25, 0.3) is 5.65 Å². The van der Waals surface area contributed by atoms with E-state index in [0.717, 1.165) is 12.1 Å². The first kappa shape index (κ1) is 15.1. The van der Waals surface area contributed by atoms with Crippen LogP contribution in [-0.4, -0.2) is 28.9 Å². The third-order valence-corrected chi connectivity index (χ3v) is 3.94. The molecule has 1 aromatic carbocycles. The maximum absolute atomic E-state index is 14.0. The predicted octanol–water partition coefficient (Wildman–Crippen LogP) is 0.768. The van der Waals surface area contributed by atoms with Crippen molar-refractivity contribution in [3.8, 4) is 0 Å². The van der Waals surface area contributed by atoms with Gasteiger partial charge in [0, 0.05) is 6.20 Å².